The summed E-state index contributed by atoms with van der Waals surface area (Å²) in [6, 6.07) is 9.92. The van der Waals surface area contributed by atoms with Crippen molar-refractivity contribution < 1.29 is 9.53 Å². The van der Waals surface area contributed by atoms with Crippen molar-refractivity contribution in [3.63, 3.8) is 0 Å². The molecule has 1 N–H and O–H groups in total. The van der Waals surface area contributed by atoms with E-state index in [1.807, 2.05) is 31.2 Å². The maximum atomic E-state index is 12.4. The van der Waals surface area contributed by atoms with Gasteiger partial charge in [0.15, 0.2) is 0 Å². The van der Waals surface area contributed by atoms with E-state index in [1.165, 1.54) is 4.88 Å². The summed E-state index contributed by atoms with van der Waals surface area (Å²) < 4.78 is 6.99. The molecule has 0 bridgehead atoms. The lowest BCUT2D eigenvalue weighted by molar-refractivity contribution is 0.0949. The second-order valence-corrected chi connectivity index (χ2v) is 8.09. The zero-order valence-electron chi connectivity index (χ0n) is 12.6. The normalized spacial score (nSPS) is 19.6. The van der Waals surface area contributed by atoms with Gasteiger partial charge < -0.3 is 10.1 Å². The molecule has 0 aliphatic carbocycles. The minimum atomic E-state index is -0.0613. The number of thiophene rings is 1. The highest BCUT2D eigenvalue weighted by Crippen LogP contribution is 2.40. The molecule has 0 fully saturated rings. The van der Waals surface area contributed by atoms with Gasteiger partial charge in [-0.2, -0.15) is 0 Å². The lowest BCUT2D eigenvalue weighted by Crippen LogP contribution is -2.26. The second-order valence-electron chi connectivity index (χ2n) is 5.55. The number of hydrogen-bond donors (Lipinski definition) is 1. The third-order valence-corrected chi connectivity index (χ3v) is 5.76. The van der Waals surface area contributed by atoms with Gasteiger partial charge in [0.1, 0.15) is 11.9 Å². The summed E-state index contributed by atoms with van der Waals surface area (Å²) >= 11 is 5.15. The van der Waals surface area contributed by atoms with Gasteiger partial charge in [0.25, 0.3) is 5.91 Å². The summed E-state index contributed by atoms with van der Waals surface area (Å²) in [4.78, 5) is 13.7. The van der Waals surface area contributed by atoms with Gasteiger partial charge in [0.05, 0.1) is 9.35 Å². The Labute approximate surface area is 142 Å². The molecule has 0 spiro atoms. The lowest BCUT2D eigenvalue weighted by atomic mass is 9.97. The Bertz CT molecular complexity index is 698. The van der Waals surface area contributed by atoms with E-state index in [0.29, 0.717) is 18.0 Å². The number of rotatable bonds is 4. The summed E-state index contributed by atoms with van der Waals surface area (Å²) in [5.41, 5.74) is 1.77. The number of halogens is 1. The maximum Gasteiger partial charge on any atom is 0.255 e. The molecule has 3 rings (SSSR count). The largest absolute Gasteiger partial charge is 0.489 e. The molecule has 2 atom stereocenters. The van der Waals surface area contributed by atoms with E-state index < -0.39 is 0 Å². The van der Waals surface area contributed by atoms with E-state index in [-0.39, 0.29) is 12.0 Å². The first-order valence-electron chi connectivity index (χ1n) is 7.38. The first kappa shape index (κ1) is 15.6. The molecular weight excluding hydrogens is 362 g/mol. The Morgan fingerprint density at radius 3 is 2.86 bits per heavy atom. The smallest absolute Gasteiger partial charge is 0.255 e. The minimum absolute atomic E-state index is 0.0613. The molecule has 2 unspecified atom stereocenters. The SMILES string of the molecule is CC1Oc2c(C(=O)NCCc3ccc(Br)s3)cccc2C1C. The van der Waals surface area contributed by atoms with Crippen LogP contribution in [0.5, 0.6) is 5.75 Å². The molecule has 1 aromatic heterocycles. The quantitative estimate of drug-likeness (QED) is 0.856. The van der Waals surface area contributed by atoms with Crippen LogP contribution in [-0.4, -0.2) is 18.6 Å². The molecule has 2 heterocycles. The Hall–Kier alpha value is -1.33. The van der Waals surface area contributed by atoms with E-state index >= 15 is 0 Å². The molecule has 1 aliphatic rings. The molecule has 1 aromatic carbocycles. The first-order valence-corrected chi connectivity index (χ1v) is 8.99. The molecule has 2 aromatic rings. The molecule has 22 heavy (non-hydrogen) atoms. The van der Waals surface area contributed by atoms with Crippen LogP contribution in [0, 0.1) is 0 Å². The molecule has 0 saturated heterocycles. The highest BCUT2D eigenvalue weighted by atomic mass is 79.9. The number of ether oxygens (including phenoxy) is 1. The van der Waals surface area contributed by atoms with Crippen LogP contribution in [0.3, 0.4) is 0 Å². The van der Waals surface area contributed by atoms with E-state index in [9.17, 15) is 4.79 Å². The predicted molar refractivity (Wildman–Crippen MR) is 93.0 cm³/mol. The third kappa shape index (κ3) is 3.06. The second kappa shape index (κ2) is 6.42. The fourth-order valence-electron chi connectivity index (χ4n) is 2.65. The molecular formula is C17H18BrNO2S. The van der Waals surface area contributed by atoms with Crippen LogP contribution in [0.2, 0.25) is 0 Å². The van der Waals surface area contributed by atoms with Gasteiger partial charge in [-0.3, -0.25) is 4.79 Å². The van der Waals surface area contributed by atoms with Crippen molar-refractivity contribution >= 4 is 33.2 Å². The van der Waals surface area contributed by atoms with Crippen molar-refractivity contribution in [1.29, 1.82) is 0 Å². The van der Waals surface area contributed by atoms with Crippen LogP contribution < -0.4 is 10.1 Å². The van der Waals surface area contributed by atoms with Crippen molar-refractivity contribution in [2.24, 2.45) is 0 Å². The summed E-state index contributed by atoms with van der Waals surface area (Å²) in [7, 11) is 0. The van der Waals surface area contributed by atoms with Crippen molar-refractivity contribution in [3.05, 3.63) is 50.1 Å². The van der Waals surface area contributed by atoms with E-state index in [4.69, 9.17) is 4.74 Å². The van der Waals surface area contributed by atoms with Gasteiger partial charge in [-0.25, -0.2) is 0 Å². The van der Waals surface area contributed by atoms with Gasteiger partial charge >= 0.3 is 0 Å². The number of nitrogens with one attached hydrogen (secondary N) is 1. The van der Waals surface area contributed by atoms with Crippen molar-refractivity contribution in [3.8, 4) is 5.75 Å². The highest BCUT2D eigenvalue weighted by molar-refractivity contribution is 9.11. The minimum Gasteiger partial charge on any atom is -0.489 e. The summed E-state index contributed by atoms with van der Waals surface area (Å²) in [6.45, 7) is 4.80. The zero-order valence-corrected chi connectivity index (χ0v) is 15.0. The van der Waals surface area contributed by atoms with Crippen molar-refractivity contribution in [1.82, 2.24) is 5.32 Å². The van der Waals surface area contributed by atoms with Crippen LogP contribution in [0.25, 0.3) is 0 Å². The van der Waals surface area contributed by atoms with E-state index in [1.54, 1.807) is 11.3 Å². The average molecular weight is 380 g/mol. The number of para-hydroxylation sites is 1. The molecule has 5 heteroatoms. The molecule has 0 radical (unpaired) electrons. The molecule has 116 valence electrons. The Kier molecular flexibility index (Phi) is 4.54. The van der Waals surface area contributed by atoms with Gasteiger partial charge in [-0.15, -0.1) is 11.3 Å². The summed E-state index contributed by atoms with van der Waals surface area (Å²) in [6.07, 6.45) is 0.956. The van der Waals surface area contributed by atoms with Crippen molar-refractivity contribution in [2.45, 2.75) is 32.3 Å². The van der Waals surface area contributed by atoms with E-state index in [2.05, 4.69) is 34.2 Å². The van der Waals surface area contributed by atoms with Gasteiger partial charge in [0, 0.05) is 22.9 Å². The monoisotopic (exact) mass is 379 g/mol. The molecule has 0 saturated carbocycles. The number of benzene rings is 1. The fraction of sp³-hybridized carbons (Fsp3) is 0.353. The first-order chi connectivity index (χ1) is 10.6. The van der Waals surface area contributed by atoms with Crippen LogP contribution in [0.1, 0.15) is 40.6 Å². The topological polar surface area (TPSA) is 38.3 Å². The number of carbonyl (C=O) groups is 1. The molecule has 1 amide bonds. The van der Waals surface area contributed by atoms with Crippen LogP contribution in [0.15, 0.2) is 34.1 Å². The maximum absolute atomic E-state index is 12.4. The predicted octanol–water partition coefficient (Wildman–Crippen LogP) is 4.37. The van der Waals surface area contributed by atoms with Gasteiger partial charge in [-0.1, -0.05) is 19.1 Å². The highest BCUT2D eigenvalue weighted by Gasteiger charge is 2.30. The molecule has 3 nitrogen and oxygen atoms in total. The average Bonchev–Trinajstić information content (AvgIpc) is 3.03. The number of amides is 1. The summed E-state index contributed by atoms with van der Waals surface area (Å²) in [5.74, 6) is 1.01. The van der Waals surface area contributed by atoms with Gasteiger partial charge in [0.2, 0.25) is 0 Å². The fourth-order valence-corrected chi connectivity index (χ4v) is 4.13. The number of carbonyl (C=O) groups excluding carboxylic acids is 1. The zero-order chi connectivity index (χ0) is 15.7. The van der Waals surface area contributed by atoms with Crippen molar-refractivity contribution in [2.75, 3.05) is 6.54 Å². The van der Waals surface area contributed by atoms with Gasteiger partial charge in [-0.05, 0) is 47.5 Å². The van der Waals surface area contributed by atoms with Crippen LogP contribution in [-0.2, 0) is 6.42 Å². The molecule has 1 aliphatic heterocycles. The van der Waals surface area contributed by atoms with Crippen LogP contribution in [0.4, 0.5) is 0 Å². The Morgan fingerprint density at radius 2 is 2.14 bits per heavy atom. The number of hydrogen-bond acceptors (Lipinski definition) is 3. The Balaban J connectivity index is 1.66. The summed E-state index contributed by atoms with van der Waals surface area (Å²) in [5, 5.41) is 2.99. The Morgan fingerprint density at radius 1 is 1.32 bits per heavy atom. The van der Waals surface area contributed by atoms with Crippen LogP contribution >= 0.6 is 27.3 Å². The third-order valence-electron chi connectivity index (χ3n) is 4.07. The number of fused-ring (bicyclic) bond motifs is 1. The lowest BCUT2D eigenvalue weighted by Gasteiger charge is -2.09. The van der Waals surface area contributed by atoms with E-state index in [0.717, 1.165) is 21.5 Å². The standard InChI is InChI=1S/C17H18BrNO2S/c1-10-11(2)21-16-13(10)4-3-5-14(16)17(20)19-9-8-12-6-7-15(18)22-12/h3-7,10-11H,8-9H2,1-2H3,(H,19,20).